The summed E-state index contributed by atoms with van der Waals surface area (Å²) < 4.78 is 25.8. The molecule has 1 amide bonds. The van der Waals surface area contributed by atoms with Crippen LogP contribution in [-0.4, -0.2) is 46.7 Å². The van der Waals surface area contributed by atoms with Crippen LogP contribution in [0.1, 0.15) is 48.9 Å². The van der Waals surface area contributed by atoms with Crippen molar-refractivity contribution in [3.05, 3.63) is 36.0 Å². The third kappa shape index (κ3) is 4.50. The zero-order valence-corrected chi connectivity index (χ0v) is 18.6. The second kappa shape index (κ2) is 8.97. The maximum Gasteiger partial charge on any atom is 0.255 e. The summed E-state index contributed by atoms with van der Waals surface area (Å²) in [5.41, 5.74) is 8.38. The van der Waals surface area contributed by atoms with Crippen LogP contribution < -0.4 is 20.5 Å². The lowest BCUT2D eigenvalue weighted by Gasteiger charge is -2.26. The van der Waals surface area contributed by atoms with Gasteiger partial charge in [-0.3, -0.25) is 4.79 Å². The molecule has 2 aliphatic rings. The van der Waals surface area contributed by atoms with Crippen molar-refractivity contribution in [3.8, 4) is 22.8 Å². The molecule has 0 unspecified atom stereocenters. The molecule has 0 aliphatic heterocycles. The molecular weight excluding hydrogens is 425 g/mol. The fourth-order valence-electron chi connectivity index (χ4n) is 4.33. The average molecular weight is 454 g/mol. The number of ether oxygens (including phenoxy) is 2. The number of halogens is 1. The van der Waals surface area contributed by atoms with Crippen molar-refractivity contribution in [2.45, 2.75) is 50.6 Å². The molecule has 2 heterocycles. The number of benzene rings is 1. The van der Waals surface area contributed by atoms with E-state index in [9.17, 15) is 9.18 Å². The summed E-state index contributed by atoms with van der Waals surface area (Å²) in [7, 11) is 1.42. The summed E-state index contributed by atoms with van der Waals surface area (Å²) in [4.78, 5) is 24.8. The van der Waals surface area contributed by atoms with Crippen molar-refractivity contribution in [1.82, 2.24) is 20.3 Å². The van der Waals surface area contributed by atoms with Gasteiger partial charge in [-0.2, -0.15) is 0 Å². The van der Waals surface area contributed by atoms with E-state index in [4.69, 9.17) is 15.2 Å². The lowest BCUT2D eigenvalue weighted by molar-refractivity contribution is 0.0927. The Morgan fingerprint density at radius 3 is 2.70 bits per heavy atom. The predicted octanol–water partition coefficient (Wildman–Crippen LogP) is 3.56. The van der Waals surface area contributed by atoms with Crippen LogP contribution in [0.4, 0.5) is 4.39 Å². The van der Waals surface area contributed by atoms with Crippen LogP contribution in [0.5, 0.6) is 11.5 Å². The number of hydrogen-bond acceptors (Lipinski definition) is 6. The minimum absolute atomic E-state index is 0.0988. The van der Waals surface area contributed by atoms with Gasteiger partial charge in [0.25, 0.3) is 5.91 Å². The molecule has 0 atom stereocenters. The highest BCUT2D eigenvalue weighted by Gasteiger charge is 2.26. The van der Waals surface area contributed by atoms with Gasteiger partial charge in [0.2, 0.25) is 0 Å². The van der Waals surface area contributed by atoms with E-state index in [1.807, 2.05) is 0 Å². The molecule has 4 N–H and O–H groups in total. The molecule has 0 saturated heterocycles. The predicted molar refractivity (Wildman–Crippen MR) is 122 cm³/mol. The third-order valence-corrected chi connectivity index (χ3v) is 6.50. The molecule has 2 aliphatic carbocycles. The quantitative estimate of drug-likeness (QED) is 0.504. The lowest BCUT2D eigenvalue weighted by Crippen LogP contribution is -2.40. The summed E-state index contributed by atoms with van der Waals surface area (Å²) in [6.07, 6.45) is 8.80. The molecule has 2 aromatic heterocycles. The molecule has 174 valence electrons. The number of aromatic nitrogens is 3. The molecular formula is C24H28FN5O3. The number of aromatic amines is 1. The highest BCUT2D eigenvalue weighted by Crippen LogP contribution is 2.39. The normalized spacial score (nSPS) is 20.6. The molecule has 5 rings (SSSR count). The van der Waals surface area contributed by atoms with E-state index >= 15 is 0 Å². The van der Waals surface area contributed by atoms with Crippen LogP contribution in [0.25, 0.3) is 22.3 Å². The van der Waals surface area contributed by atoms with E-state index in [2.05, 4.69) is 20.3 Å². The number of nitrogens with one attached hydrogen (secondary N) is 2. The second-order valence-electron chi connectivity index (χ2n) is 8.97. The Labute approximate surface area is 191 Å². The Hall–Kier alpha value is -3.20. The van der Waals surface area contributed by atoms with Gasteiger partial charge in [0.1, 0.15) is 23.3 Å². The molecule has 33 heavy (non-hydrogen) atoms. The van der Waals surface area contributed by atoms with Gasteiger partial charge in [-0.25, -0.2) is 14.4 Å². The molecule has 3 aromatic rings. The van der Waals surface area contributed by atoms with Crippen molar-refractivity contribution in [3.63, 3.8) is 0 Å². The van der Waals surface area contributed by atoms with E-state index in [1.54, 1.807) is 12.3 Å². The first kappa shape index (κ1) is 21.6. The summed E-state index contributed by atoms with van der Waals surface area (Å²) in [5.74, 6) is 0.401. The first-order valence-electron chi connectivity index (χ1n) is 11.4. The third-order valence-electron chi connectivity index (χ3n) is 6.50. The highest BCUT2D eigenvalue weighted by atomic mass is 19.1. The number of carbonyl (C=O) groups is 1. The number of fused-ring (bicyclic) bond motifs is 1. The number of carbonyl (C=O) groups excluding carboxylic acids is 1. The van der Waals surface area contributed by atoms with Gasteiger partial charge in [-0.15, -0.1) is 0 Å². The number of rotatable bonds is 7. The second-order valence-corrected chi connectivity index (χ2v) is 8.97. The van der Waals surface area contributed by atoms with Gasteiger partial charge in [-0.1, -0.05) is 0 Å². The van der Waals surface area contributed by atoms with Gasteiger partial charge >= 0.3 is 0 Å². The molecule has 2 saturated carbocycles. The van der Waals surface area contributed by atoms with Crippen LogP contribution in [0, 0.1) is 11.7 Å². The Balaban J connectivity index is 1.47. The maximum absolute atomic E-state index is 14.6. The largest absolute Gasteiger partial charge is 0.494 e. The van der Waals surface area contributed by atoms with Gasteiger partial charge in [-0.05, 0) is 50.5 Å². The Morgan fingerprint density at radius 2 is 1.97 bits per heavy atom. The highest BCUT2D eigenvalue weighted by molar-refractivity contribution is 6.08. The van der Waals surface area contributed by atoms with Crippen LogP contribution in [0.15, 0.2) is 24.7 Å². The molecule has 0 radical (unpaired) electrons. The van der Waals surface area contributed by atoms with Crippen LogP contribution >= 0.6 is 0 Å². The molecule has 9 heteroatoms. The Kier molecular flexibility index (Phi) is 5.88. The SMILES string of the molecule is COc1cc(OCC2CC2)c(-c2ncnc3c(C(=O)N[C@H]4CC[C@H](N)CC4)c[nH]c23)cc1F. The molecule has 1 aromatic carbocycles. The number of amides is 1. The van der Waals surface area contributed by atoms with E-state index in [0.717, 1.165) is 38.5 Å². The molecule has 0 bridgehead atoms. The first-order valence-corrected chi connectivity index (χ1v) is 11.4. The van der Waals surface area contributed by atoms with Crippen molar-refractivity contribution < 1.29 is 18.7 Å². The number of hydrogen-bond donors (Lipinski definition) is 3. The van der Waals surface area contributed by atoms with Gasteiger partial charge in [0, 0.05) is 29.9 Å². The fourth-order valence-corrected chi connectivity index (χ4v) is 4.33. The van der Waals surface area contributed by atoms with Crippen molar-refractivity contribution in [2.75, 3.05) is 13.7 Å². The van der Waals surface area contributed by atoms with E-state index in [0.29, 0.717) is 46.1 Å². The van der Waals surface area contributed by atoms with Crippen LogP contribution in [0.2, 0.25) is 0 Å². The standard InChI is InChI=1S/C24H28FN5O3/c1-32-20-9-19(33-11-13-2-3-13)16(8-18(20)25)21-23-22(29-12-28-21)17(10-27-23)24(31)30-15-6-4-14(26)5-7-15/h8-10,12-15,27H,2-7,11,26H2,1H3,(H,30,31)/t14-,15-. The number of H-pyrrole nitrogens is 1. The number of methoxy groups -OCH3 is 1. The van der Waals surface area contributed by atoms with E-state index in [-0.39, 0.29) is 23.7 Å². The zero-order chi connectivity index (χ0) is 22.9. The molecule has 2 fully saturated rings. The van der Waals surface area contributed by atoms with Crippen LogP contribution in [-0.2, 0) is 0 Å². The summed E-state index contributed by atoms with van der Waals surface area (Å²) in [6.45, 7) is 0.555. The van der Waals surface area contributed by atoms with Gasteiger partial charge in [0.05, 0.1) is 24.8 Å². The topological polar surface area (TPSA) is 115 Å². The fraction of sp³-hybridized carbons (Fsp3) is 0.458. The summed E-state index contributed by atoms with van der Waals surface area (Å²) >= 11 is 0. The van der Waals surface area contributed by atoms with Crippen molar-refractivity contribution in [1.29, 1.82) is 0 Å². The first-order chi connectivity index (χ1) is 16.0. The van der Waals surface area contributed by atoms with E-state index in [1.165, 1.54) is 19.5 Å². The molecule has 0 spiro atoms. The minimum atomic E-state index is -0.516. The summed E-state index contributed by atoms with van der Waals surface area (Å²) in [6, 6.07) is 3.21. The number of nitrogens with two attached hydrogens (primary N) is 1. The number of nitrogens with zero attached hydrogens (tertiary/aromatic N) is 2. The zero-order valence-electron chi connectivity index (χ0n) is 18.6. The van der Waals surface area contributed by atoms with Crippen LogP contribution in [0.3, 0.4) is 0 Å². The molecule has 8 nitrogen and oxygen atoms in total. The monoisotopic (exact) mass is 453 g/mol. The maximum atomic E-state index is 14.6. The minimum Gasteiger partial charge on any atom is -0.494 e. The lowest BCUT2D eigenvalue weighted by atomic mass is 9.91. The Bertz CT molecular complexity index is 1170. The van der Waals surface area contributed by atoms with E-state index < -0.39 is 5.82 Å². The summed E-state index contributed by atoms with van der Waals surface area (Å²) in [5, 5.41) is 3.09. The van der Waals surface area contributed by atoms with Crippen molar-refractivity contribution in [2.24, 2.45) is 11.7 Å². The van der Waals surface area contributed by atoms with Gasteiger partial charge < -0.3 is 25.5 Å². The average Bonchev–Trinajstić information content (AvgIpc) is 3.55. The Morgan fingerprint density at radius 1 is 1.18 bits per heavy atom. The van der Waals surface area contributed by atoms with Crippen molar-refractivity contribution >= 4 is 16.9 Å². The smallest absolute Gasteiger partial charge is 0.255 e. The van der Waals surface area contributed by atoms with Gasteiger partial charge in [0.15, 0.2) is 11.6 Å².